The predicted octanol–water partition coefficient (Wildman–Crippen LogP) is 1.09. The van der Waals surface area contributed by atoms with E-state index in [1.54, 1.807) is 11.7 Å². The number of aryl methyl sites for hydroxylation is 2. The van der Waals surface area contributed by atoms with E-state index in [4.69, 9.17) is 5.11 Å². The molecule has 0 aliphatic rings. The van der Waals surface area contributed by atoms with E-state index in [0.29, 0.717) is 5.82 Å². The molecule has 0 radical (unpaired) electrons. The van der Waals surface area contributed by atoms with E-state index in [2.05, 4.69) is 10.4 Å². The van der Waals surface area contributed by atoms with Crippen molar-refractivity contribution in [3.8, 4) is 0 Å². The highest BCUT2D eigenvalue weighted by Crippen LogP contribution is 2.19. The van der Waals surface area contributed by atoms with E-state index in [-0.39, 0.29) is 18.7 Å². The van der Waals surface area contributed by atoms with E-state index < -0.39 is 5.97 Å². The van der Waals surface area contributed by atoms with Crippen molar-refractivity contribution in [2.75, 3.05) is 5.32 Å². The molecule has 0 saturated heterocycles. The maximum atomic E-state index is 11.5. The maximum absolute atomic E-state index is 11.5. The Hall–Kier alpha value is -1.85. The number of amides is 1. The molecule has 0 aromatic carbocycles. The summed E-state index contributed by atoms with van der Waals surface area (Å²) in [4.78, 5) is 21.9. The van der Waals surface area contributed by atoms with Crippen molar-refractivity contribution >= 4 is 17.7 Å². The van der Waals surface area contributed by atoms with Crippen LogP contribution >= 0.6 is 0 Å². The summed E-state index contributed by atoms with van der Waals surface area (Å²) in [5, 5.41) is 15.4. The Bertz CT molecular complexity index is 437. The molecule has 0 aliphatic carbocycles. The van der Waals surface area contributed by atoms with Gasteiger partial charge in [-0.2, -0.15) is 5.10 Å². The number of hydrogen-bond acceptors (Lipinski definition) is 3. The van der Waals surface area contributed by atoms with E-state index in [9.17, 15) is 9.59 Å². The Labute approximate surface area is 99.6 Å². The van der Waals surface area contributed by atoms with Gasteiger partial charge in [0.25, 0.3) is 0 Å². The molecule has 0 spiro atoms. The van der Waals surface area contributed by atoms with Crippen LogP contribution in [0.4, 0.5) is 5.82 Å². The SMILES string of the molecule is CCc1c(C)nn(C)c1NC(=O)CCC(=O)O. The molecule has 0 fully saturated rings. The first-order valence-corrected chi connectivity index (χ1v) is 5.49. The van der Waals surface area contributed by atoms with Crippen molar-refractivity contribution in [3.63, 3.8) is 0 Å². The van der Waals surface area contributed by atoms with Crippen LogP contribution in [0.2, 0.25) is 0 Å². The van der Waals surface area contributed by atoms with E-state index in [1.165, 1.54) is 0 Å². The lowest BCUT2D eigenvalue weighted by Crippen LogP contribution is -2.16. The van der Waals surface area contributed by atoms with Crippen LogP contribution in [0.3, 0.4) is 0 Å². The van der Waals surface area contributed by atoms with Crippen molar-refractivity contribution in [2.45, 2.75) is 33.1 Å². The molecular formula is C11H17N3O3. The van der Waals surface area contributed by atoms with Crippen molar-refractivity contribution in [1.29, 1.82) is 0 Å². The first kappa shape index (κ1) is 13.2. The number of hydrogen-bond donors (Lipinski definition) is 2. The van der Waals surface area contributed by atoms with Gasteiger partial charge >= 0.3 is 5.97 Å². The number of aliphatic carboxylic acids is 1. The van der Waals surface area contributed by atoms with Gasteiger partial charge in [-0.15, -0.1) is 0 Å². The zero-order valence-corrected chi connectivity index (χ0v) is 10.3. The van der Waals surface area contributed by atoms with Crippen molar-refractivity contribution < 1.29 is 14.7 Å². The van der Waals surface area contributed by atoms with Crippen LogP contribution in [0.15, 0.2) is 0 Å². The lowest BCUT2D eigenvalue weighted by atomic mass is 10.2. The number of carbonyl (C=O) groups is 2. The molecule has 94 valence electrons. The number of carboxylic acid groups (broad SMARTS) is 1. The Balaban J connectivity index is 2.74. The number of aromatic nitrogens is 2. The van der Waals surface area contributed by atoms with E-state index >= 15 is 0 Å². The lowest BCUT2D eigenvalue weighted by Gasteiger charge is -2.06. The van der Waals surface area contributed by atoms with Gasteiger partial charge in [-0.3, -0.25) is 14.3 Å². The average molecular weight is 239 g/mol. The summed E-state index contributed by atoms with van der Waals surface area (Å²) in [5.41, 5.74) is 1.86. The molecule has 0 aliphatic heterocycles. The number of nitrogens with zero attached hydrogens (tertiary/aromatic N) is 2. The molecule has 1 rings (SSSR count). The highest BCUT2D eigenvalue weighted by molar-refractivity contribution is 5.92. The third-order valence-electron chi connectivity index (χ3n) is 2.52. The van der Waals surface area contributed by atoms with Crippen LogP contribution in [-0.4, -0.2) is 26.8 Å². The maximum Gasteiger partial charge on any atom is 0.303 e. The van der Waals surface area contributed by atoms with Gasteiger partial charge < -0.3 is 10.4 Å². The summed E-state index contributed by atoms with van der Waals surface area (Å²) in [7, 11) is 1.75. The molecule has 0 unspecified atom stereocenters. The smallest absolute Gasteiger partial charge is 0.303 e. The largest absolute Gasteiger partial charge is 0.481 e. The topological polar surface area (TPSA) is 84.2 Å². The summed E-state index contributed by atoms with van der Waals surface area (Å²) in [6.07, 6.45) is 0.584. The number of rotatable bonds is 5. The van der Waals surface area contributed by atoms with E-state index in [1.807, 2.05) is 13.8 Å². The van der Waals surface area contributed by atoms with Gasteiger partial charge in [0.15, 0.2) is 0 Å². The van der Waals surface area contributed by atoms with Gasteiger partial charge in [0.05, 0.1) is 12.1 Å². The number of nitrogens with one attached hydrogen (secondary N) is 1. The Morgan fingerprint density at radius 2 is 2.06 bits per heavy atom. The van der Waals surface area contributed by atoms with Crippen LogP contribution < -0.4 is 5.32 Å². The second-order valence-electron chi connectivity index (χ2n) is 3.83. The Kier molecular flexibility index (Phi) is 4.25. The minimum atomic E-state index is -0.975. The highest BCUT2D eigenvalue weighted by Gasteiger charge is 2.14. The predicted molar refractivity (Wildman–Crippen MR) is 62.8 cm³/mol. The summed E-state index contributed by atoms with van der Waals surface area (Å²) < 4.78 is 1.60. The fourth-order valence-electron chi connectivity index (χ4n) is 1.70. The second kappa shape index (κ2) is 5.47. The van der Waals surface area contributed by atoms with Crippen molar-refractivity contribution in [1.82, 2.24) is 9.78 Å². The summed E-state index contributed by atoms with van der Waals surface area (Å²) in [5.74, 6) is -0.623. The molecule has 0 bridgehead atoms. The van der Waals surface area contributed by atoms with Gasteiger partial charge in [-0.1, -0.05) is 6.92 Å². The summed E-state index contributed by atoms with van der Waals surface area (Å²) in [6.45, 7) is 3.86. The van der Waals surface area contributed by atoms with Crippen LogP contribution in [0.5, 0.6) is 0 Å². The number of carbonyl (C=O) groups excluding carboxylic acids is 1. The monoisotopic (exact) mass is 239 g/mol. The molecule has 6 heteroatoms. The quantitative estimate of drug-likeness (QED) is 0.805. The van der Waals surface area contributed by atoms with E-state index in [0.717, 1.165) is 17.7 Å². The standard InChI is InChI=1S/C11H17N3O3/c1-4-8-7(2)13-14(3)11(8)12-9(15)5-6-10(16)17/h4-6H2,1-3H3,(H,12,15)(H,16,17). The Morgan fingerprint density at radius 3 is 2.59 bits per heavy atom. The van der Waals surface area contributed by atoms with Gasteiger partial charge in [0.1, 0.15) is 5.82 Å². The summed E-state index contributed by atoms with van der Waals surface area (Å²) >= 11 is 0. The van der Waals surface area contributed by atoms with Gasteiger partial charge in [0.2, 0.25) is 5.91 Å². The molecule has 1 heterocycles. The molecular weight excluding hydrogens is 222 g/mol. The normalized spacial score (nSPS) is 10.3. The van der Waals surface area contributed by atoms with Crippen molar-refractivity contribution in [3.05, 3.63) is 11.3 Å². The lowest BCUT2D eigenvalue weighted by molar-refractivity contribution is -0.138. The van der Waals surface area contributed by atoms with Crippen LogP contribution in [0.1, 0.15) is 31.0 Å². The van der Waals surface area contributed by atoms with Crippen molar-refractivity contribution in [2.24, 2.45) is 7.05 Å². The van der Waals surface area contributed by atoms with Gasteiger partial charge in [0, 0.05) is 19.0 Å². The third kappa shape index (κ3) is 3.30. The molecule has 1 aromatic heterocycles. The molecule has 2 N–H and O–H groups in total. The Morgan fingerprint density at radius 1 is 1.41 bits per heavy atom. The van der Waals surface area contributed by atoms with Gasteiger partial charge in [-0.25, -0.2) is 0 Å². The fraction of sp³-hybridized carbons (Fsp3) is 0.545. The second-order valence-corrected chi connectivity index (χ2v) is 3.83. The minimum Gasteiger partial charge on any atom is -0.481 e. The number of carboxylic acids is 1. The zero-order chi connectivity index (χ0) is 13.0. The first-order chi connectivity index (χ1) is 7.95. The molecule has 1 aromatic rings. The molecule has 0 saturated carbocycles. The minimum absolute atomic E-state index is 0.0251. The van der Waals surface area contributed by atoms with Gasteiger partial charge in [-0.05, 0) is 13.3 Å². The van der Waals surface area contributed by atoms with Crippen LogP contribution in [0.25, 0.3) is 0 Å². The molecule has 0 atom stereocenters. The molecule has 6 nitrogen and oxygen atoms in total. The number of anilines is 1. The average Bonchev–Trinajstić information content (AvgIpc) is 2.50. The third-order valence-corrected chi connectivity index (χ3v) is 2.52. The molecule has 17 heavy (non-hydrogen) atoms. The first-order valence-electron chi connectivity index (χ1n) is 5.49. The van der Waals surface area contributed by atoms with Crippen LogP contribution in [-0.2, 0) is 23.1 Å². The van der Waals surface area contributed by atoms with Crippen LogP contribution in [0, 0.1) is 6.92 Å². The fourth-order valence-corrected chi connectivity index (χ4v) is 1.70. The zero-order valence-electron chi connectivity index (χ0n) is 10.3. The highest BCUT2D eigenvalue weighted by atomic mass is 16.4. The molecule has 1 amide bonds. The summed E-state index contributed by atoms with van der Waals surface area (Å²) in [6, 6.07) is 0.